The van der Waals surface area contributed by atoms with Crippen molar-refractivity contribution < 1.29 is 9.53 Å². The Kier molecular flexibility index (Phi) is 3.47. The number of amides is 1. The minimum Gasteiger partial charge on any atom is -0.496 e. The number of nitriles is 1. The number of nitrogens with zero attached hydrogens (tertiary/aromatic N) is 1. The fraction of sp³-hybridized carbons (Fsp3) is 0.0909. The molecule has 15 heavy (non-hydrogen) atoms. The Morgan fingerprint density at radius 3 is 2.87 bits per heavy atom. The van der Waals surface area contributed by atoms with Gasteiger partial charge in [0.15, 0.2) is 0 Å². The summed E-state index contributed by atoms with van der Waals surface area (Å²) < 4.78 is 5.06. The van der Waals surface area contributed by atoms with E-state index < -0.39 is 5.91 Å². The second kappa shape index (κ2) is 4.82. The molecule has 0 aliphatic carbocycles. The Labute approximate surface area is 87.6 Å². The van der Waals surface area contributed by atoms with Gasteiger partial charge in [0, 0.05) is 11.6 Å². The van der Waals surface area contributed by atoms with Gasteiger partial charge in [-0.2, -0.15) is 5.26 Å². The highest BCUT2D eigenvalue weighted by Gasteiger charge is 2.01. The maximum atomic E-state index is 10.6. The van der Waals surface area contributed by atoms with Crippen LogP contribution >= 0.6 is 0 Å². The van der Waals surface area contributed by atoms with E-state index in [9.17, 15) is 4.79 Å². The summed E-state index contributed by atoms with van der Waals surface area (Å²) in [6.45, 7) is 0. The summed E-state index contributed by atoms with van der Waals surface area (Å²) in [6, 6.07) is 6.93. The smallest absolute Gasteiger partial charge is 0.241 e. The number of primary amides is 1. The fourth-order valence-corrected chi connectivity index (χ4v) is 1.11. The van der Waals surface area contributed by atoms with Crippen LogP contribution in [0, 0.1) is 11.3 Å². The number of hydrogen-bond acceptors (Lipinski definition) is 3. The quantitative estimate of drug-likeness (QED) is 0.744. The topological polar surface area (TPSA) is 76.1 Å². The van der Waals surface area contributed by atoms with Crippen LogP contribution in [0.15, 0.2) is 24.3 Å². The van der Waals surface area contributed by atoms with Crippen molar-refractivity contribution in [2.45, 2.75) is 0 Å². The van der Waals surface area contributed by atoms with Gasteiger partial charge >= 0.3 is 0 Å². The second-order valence-corrected chi connectivity index (χ2v) is 2.80. The first kappa shape index (κ1) is 10.8. The molecule has 0 atom stereocenters. The Morgan fingerprint density at radius 1 is 1.60 bits per heavy atom. The molecule has 1 aromatic rings. The van der Waals surface area contributed by atoms with Gasteiger partial charge in [-0.05, 0) is 24.3 Å². The number of rotatable bonds is 3. The van der Waals surface area contributed by atoms with E-state index in [4.69, 9.17) is 15.7 Å². The molecule has 0 saturated carbocycles. The zero-order valence-electron chi connectivity index (χ0n) is 8.23. The molecule has 1 rings (SSSR count). The predicted octanol–water partition coefficient (Wildman–Crippen LogP) is 1.07. The number of nitrogens with two attached hydrogens (primary N) is 1. The van der Waals surface area contributed by atoms with Crippen LogP contribution in [0.5, 0.6) is 5.75 Å². The Hall–Kier alpha value is -2.28. The monoisotopic (exact) mass is 202 g/mol. The van der Waals surface area contributed by atoms with Crippen LogP contribution < -0.4 is 10.5 Å². The molecule has 0 radical (unpaired) electrons. The first-order valence-electron chi connectivity index (χ1n) is 4.23. The second-order valence-electron chi connectivity index (χ2n) is 2.80. The number of methoxy groups -OCH3 is 1. The van der Waals surface area contributed by atoms with Crippen LogP contribution in [0.25, 0.3) is 6.08 Å². The van der Waals surface area contributed by atoms with Crippen molar-refractivity contribution in [2.75, 3.05) is 7.11 Å². The van der Waals surface area contributed by atoms with Crippen LogP contribution in [-0.2, 0) is 4.79 Å². The van der Waals surface area contributed by atoms with Gasteiger partial charge in [-0.1, -0.05) is 0 Å². The highest BCUT2D eigenvalue weighted by molar-refractivity contribution is 5.90. The molecule has 76 valence electrons. The zero-order valence-corrected chi connectivity index (χ0v) is 8.23. The first-order valence-corrected chi connectivity index (χ1v) is 4.23. The molecular formula is C11H10N2O2. The third kappa shape index (κ3) is 2.85. The van der Waals surface area contributed by atoms with Gasteiger partial charge in [0.2, 0.25) is 5.91 Å². The molecule has 0 aliphatic heterocycles. The molecule has 4 nitrogen and oxygen atoms in total. The van der Waals surface area contributed by atoms with Gasteiger partial charge in [0.1, 0.15) is 5.75 Å². The van der Waals surface area contributed by atoms with Crippen molar-refractivity contribution in [3.63, 3.8) is 0 Å². The lowest BCUT2D eigenvalue weighted by atomic mass is 10.1. The van der Waals surface area contributed by atoms with Crippen LogP contribution in [0.4, 0.5) is 0 Å². The molecule has 0 heterocycles. The van der Waals surface area contributed by atoms with Gasteiger partial charge < -0.3 is 10.5 Å². The number of ether oxygens (including phenoxy) is 1. The van der Waals surface area contributed by atoms with E-state index in [1.165, 1.54) is 19.3 Å². The molecule has 0 aliphatic rings. The molecule has 1 amide bonds. The summed E-state index contributed by atoms with van der Waals surface area (Å²) in [7, 11) is 1.52. The molecule has 0 fully saturated rings. The third-order valence-corrected chi connectivity index (χ3v) is 1.79. The van der Waals surface area contributed by atoms with Crippen LogP contribution in [0.3, 0.4) is 0 Å². The Bertz CT molecular complexity index is 444. The summed E-state index contributed by atoms with van der Waals surface area (Å²) in [5.74, 6) is 0.0471. The molecule has 0 aromatic heterocycles. The summed E-state index contributed by atoms with van der Waals surface area (Å²) in [4.78, 5) is 10.6. The van der Waals surface area contributed by atoms with E-state index in [2.05, 4.69) is 0 Å². The number of hydrogen-bond donors (Lipinski definition) is 1. The minimum atomic E-state index is -0.542. The lowest BCUT2D eigenvalue weighted by molar-refractivity contribution is -0.113. The van der Waals surface area contributed by atoms with Crippen LogP contribution in [-0.4, -0.2) is 13.0 Å². The molecule has 0 spiro atoms. The summed E-state index contributed by atoms with van der Waals surface area (Å²) in [5.41, 5.74) is 6.12. The van der Waals surface area contributed by atoms with Crippen LogP contribution in [0.1, 0.15) is 11.1 Å². The fourth-order valence-electron chi connectivity index (χ4n) is 1.11. The van der Waals surface area contributed by atoms with Crippen LogP contribution in [0.2, 0.25) is 0 Å². The maximum Gasteiger partial charge on any atom is 0.241 e. The van der Waals surface area contributed by atoms with E-state index in [0.717, 1.165) is 0 Å². The Balaban J connectivity index is 3.13. The predicted molar refractivity (Wildman–Crippen MR) is 55.9 cm³/mol. The van der Waals surface area contributed by atoms with Crippen molar-refractivity contribution >= 4 is 12.0 Å². The van der Waals surface area contributed by atoms with Crippen molar-refractivity contribution in [1.82, 2.24) is 0 Å². The molecule has 4 heteroatoms. The lowest BCUT2D eigenvalue weighted by Gasteiger charge is -2.04. The maximum absolute atomic E-state index is 10.6. The molecule has 0 saturated heterocycles. The highest BCUT2D eigenvalue weighted by Crippen LogP contribution is 2.20. The number of carbonyl (C=O) groups is 1. The summed E-state index contributed by atoms with van der Waals surface area (Å²) >= 11 is 0. The molecule has 2 N–H and O–H groups in total. The van der Waals surface area contributed by atoms with Crippen molar-refractivity contribution in [3.05, 3.63) is 35.4 Å². The van der Waals surface area contributed by atoms with E-state index >= 15 is 0 Å². The SMILES string of the molecule is COc1ccc(C#N)cc1/C=C/C(N)=O. The Morgan fingerprint density at radius 2 is 2.33 bits per heavy atom. The van der Waals surface area contributed by atoms with Crippen molar-refractivity contribution in [1.29, 1.82) is 5.26 Å². The van der Waals surface area contributed by atoms with Gasteiger partial charge in [-0.3, -0.25) is 4.79 Å². The van der Waals surface area contributed by atoms with Gasteiger partial charge in [0.25, 0.3) is 0 Å². The van der Waals surface area contributed by atoms with Crippen molar-refractivity contribution in [3.8, 4) is 11.8 Å². The number of carbonyl (C=O) groups excluding carboxylic acids is 1. The number of benzene rings is 1. The van der Waals surface area contributed by atoms with Gasteiger partial charge in [-0.15, -0.1) is 0 Å². The highest BCUT2D eigenvalue weighted by atomic mass is 16.5. The van der Waals surface area contributed by atoms with Gasteiger partial charge in [-0.25, -0.2) is 0 Å². The van der Waals surface area contributed by atoms with E-state index in [1.807, 2.05) is 6.07 Å². The van der Waals surface area contributed by atoms with E-state index in [0.29, 0.717) is 16.9 Å². The largest absolute Gasteiger partial charge is 0.496 e. The molecule has 1 aromatic carbocycles. The normalized spacial score (nSPS) is 9.87. The molecule has 0 bridgehead atoms. The standard InChI is InChI=1S/C11H10N2O2/c1-15-10-4-2-8(7-12)6-9(10)3-5-11(13)14/h2-6H,1H3,(H2,13,14)/b5-3+. The molecule has 0 unspecified atom stereocenters. The minimum absolute atomic E-state index is 0.500. The summed E-state index contributed by atoms with van der Waals surface area (Å²) in [6.07, 6.45) is 2.74. The van der Waals surface area contributed by atoms with Crippen molar-refractivity contribution in [2.24, 2.45) is 5.73 Å². The first-order chi connectivity index (χ1) is 7.17. The zero-order chi connectivity index (χ0) is 11.3. The lowest BCUT2D eigenvalue weighted by Crippen LogP contribution is -2.05. The average molecular weight is 202 g/mol. The van der Waals surface area contributed by atoms with Gasteiger partial charge in [0.05, 0.1) is 18.7 Å². The third-order valence-electron chi connectivity index (χ3n) is 1.79. The van der Waals surface area contributed by atoms with E-state index in [-0.39, 0.29) is 0 Å². The van der Waals surface area contributed by atoms with E-state index in [1.54, 1.807) is 18.2 Å². The average Bonchev–Trinajstić information content (AvgIpc) is 2.25. The summed E-state index contributed by atoms with van der Waals surface area (Å²) in [5, 5.41) is 8.70. The molecular weight excluding hydrogens is 192 g/mol.